The summed E-state index contributed by atoms with van der Waals surface area (Å²) in [5.74, 6) is 0.909. The van der Waals surface area contributed by atoms with E-state index in [9.17, 15) is 9.90 Å². The number of hydrogen-bond donors (Lipinski definition) is 4. The Labute approximate surface area is 196 Å². The predicted molar refractivity (Wildman–Crippen MR) is 128 cm³/mol. The van der Waals surface area contributed by atoms with Crippen LogP contribution < -0.4 is 10.6 Å². The Kier molecular flexibility index (Phi) is 5.88. The maximum absolute atomic E-state index is 12.4. The number of H-pyrrole nitrogens is 1. The Balaban J connectivity index is 1.46. The number of anilines is 3. The van der Waals surface area contributed by atoms with E-state index in [0.717, 1.165) is 28.8 Å². The third-order valence-electron chi connectivity index (χ3n) is 5.83. The van der Waals surface area contributed by atoms with Crippen LogP contribution in [0.5, 0.6) is 0 Å². The van der Waals surface area contributed by atoms with Crippen molar-refractivity contribution in [3.05, 3.63) is 77.6 Å². The second-order valence-electron chi connectivity index (χ2n) is 8.07. The summed E-state index contributed by atoms with van der Waals surface area (Å²) in [6.07, 6.45) is 4.04. The molecule has 1 atom stereocenters. The number of aromatic amines is 1. The van der Waals surface area contributed by atoms with Gasteiger partial charge in [-0.1, -0.05) is 30.3 Å². The molecule has 2 aromatic heterocycles. The van der Waals surface area contributed by atoms with Gasteiger partial charge in [0, 0.05) is 31.0 Å². The number of amides is 1. The number of carbonyl (C=O) groups excluding carboxylic acids is 1. The summed E-state index contributed by atoms with van der Waals surface area (Å²) >= 11 is 0. The van der Waals surface area contributed by atoms with Crippen molar-refractivity contribution in [2.24, 2.45) is 0 Å². The highest BCUT2D eigenvalue weighted by Crippen LogP contribution is 2.29. The van der Waals surface area contributed by atoms with Gasteiger partial charge < -0.3 is 20.6 Å². The second-order valence-corrected chi connectivity index (χ2v) is 8.07. The fourth-order valence-electron chi connectivity index (χ4n) is 3.97. The van der Waals surface area contributed by atoms with Gasteiger partial charge in [-0.15, -0.1) is 0 Å². The molecule has 0 aliphatic carbocycles. The number of likely N-dealkylation sites (N-methyl/N-ethyl adjacent to an activating group) is 1. The lowest BCUT2D eigenvalue weighted by Gasteiger charge is -2.25. The zero-order valence-corrected chi connectivity index (χ0v) is 18.6. The zero-order valence-electron chi connectivity index (χ0n) is 18.6. The van der Waals surface area contributed by atoms with Crippen molar-refractivity contribution in [3.63, 3.8) is 0 Å². The molecular formula is C24H24N8O2. The minimum absolute atomic E-state index is 0.0310. The molecule has 3 heterocycles. The summed E-state index contributed by atoms with van der Waals surface area (Å²) < 4.78 is 0. The fraction of sp³-hybridized carbons (Fsp3) is 0.208. The Morgan fingerprint density at radius 3 is 2.76 bits per heavy atom. The largest absolute Gasteiger partial charge is 0.394 e. The van der Waals surface area contributed by atoms with Gasteiger partial charge in [0.2, 0.25) is 5.95 Å². The van der Waals surface area contributed by atoms with Crippen LogP contribution in [0.4, 0.5) is 17.5 Å². The summed E-state index contributed by atoms with van der Waals surface area (Å²) in [5.41, 5.74) is 4.65. The standard InChI is InChI=1S/C24H24N8O2/c1-32-10-9-16-11-17(7-8-18(16)23(32)34)27-24-25-12-19(20-13-26-31-30-20)22(29-24)28-21(14-33)15-5-3-2-4-6-15/h2-8,11-13,21,33H,9-10,14H2,1H3,(H,26,30,31)(H2,25,27,28,29)/t21-/m1/s1. The number of nitrogens with zero attached hydrogens (tertiary/aromatic N) is 5. The van der Waals surface area contributed by atoms with E-state index in [1.54, 1.807) is 17.3 Å². The predicted octanol–water partition coefficient (Wildman–Crippen LogP) is 2.78. The lowest BCUT2D eigenvalue weighted by atomic mass is 9.99. The van der Waals surface area contributed by atoms with E-state index in [-0.39, 0.29) is 18.6 Å². The van der Waals surface area contributed by atoms with Gasteiger partial charge in [0.25, 0.3) is 5.91 Å². The highest BCUT2D eigenvalue weighted by Gasteiger charge is 2.22. The van der Waals surface area contributed by atoms with Crippen LogP contribution in [0.2, 0.25) is 0 Å². The number of rotatable bonds is 7. The average Bonchev–Trinajstić information content (AvgIpc) is 3.40. The molecule has 34 heavy (non-hydrogen) atoms. The third kappa shape index (κ3) is 4.30. The second kappa shape index (κ2) is 9.28. The maximum atomic E-state index is 12.4. The van der Waals surface area contributed by atoms with E-state index in [4.69, 9.17) is 0 Å². The number of hydrogen-bond acceptors (Lipinski definition) is 8. The first kappa shape index (κ1) is 21.5. The number of fused-ring (bicyclic) bond motifs is 1. The summed E-state index contributed by atoms with van der Waals surface area (Å²) in [6, 6.07) is 14.9. The molecule has 0 radical (unpaired) electrons. The number of aromatic nitrogens is 5. The molecule has 172 valence electrons. The molecule has 4 aromatic rings. The van der Waals surface area contributed by atoms with Gasteiger partial charge in [0.15, 0.2) is 0 Å². The minimum Gasteiger partial charge on any atom is -0.394 e. The SMILES string of the molecule is CN1CCc2cc(Nc3ncc(-c4cn[nH]n4)c(N[C@H](CO)c4ccccc4)n3)ccc2C1=O. The molecule has 1 amide bonds. The lowest BCUT2D eigenvalue weighted by molar-refractivity contribution is 0.0781. The highest BCUT2D eigenvalue weighted by atomic mass is 16.3. The number of aliphatic hydroxyl groups is 1. The molecule has 0 unspecified atom stereocenters. The van der Waals surface area contributed by atoms with Gasteiger partial charge in [-0.05, 0) is 35.7 Å². The van der Waals surface area contributed by atoms with Crippen molar-refractivity contribution < 1.29 is 9.90 Å². The number of aliphatic hydroxyl groups excluding tert-OH is 1. The molecule has 0 spiro atoms. The van der Waals surface area contributed by atoms with Gasteiger partial charge in [-0.2, -0.15) is 20.4 Å². The molecule has 4 N–H and O–H groups in total. The van der Waals surface area contributed by atoms with Crippen molar-refractivity contribution >= 4 is 23.4 Å². The van der Waals surface area contributed by atoms with Crippen LogP contribution in [0.15, 0.2) is 60.9 Å². The van der Waals surface area contributed by atoms with Crippen LogP contribution in [-0.4, -0.2) is 61.5 Å². The first-order chi connectivity index (χ1) is 16.6. The van der Waals surface area contributed by atoms with Crippen LogP contribution in [-0.2, 0) is 6.42 Å². The highest BCUT2D eigenvalue weighted by molar-refractivity contribution is 5.97. The first-order valence-electron chi connectivity index (χ1n) is 10.9. The van der Waals surface area contributed by atoms with Gasteiger partial charge >= 0.3 is 0 Å². The Hall–Kier alpha value is -4.31. The smallest absolute Gasteiger partial charge is 0.253 e. The van der Waals surface area contributed by atoms with Gasteiger partial charge in [0.1, 0.15) is 11.5 Å². The summed E-state index contributed by atoms with van der Waals surface area (Å²) in [6.45, 7) is 0.566. The normalized spacial score (nSPS) is 13.9. The van der Waals surface area contributed by atoms with Gasteiger partial charge in [-0.3, -0.25) is 4.79 Å². The molecule has 10 heteroatoms. The summed E-state index contributed by atoms with van der Waals surface area (Å²) in [4.78, 5) is 23.2. The van der Waals surface area contributed by atoms with E-state index in [1.807, 2.05) is 55.6 Å². The van der Waals surface area contributed by atoms with E-state index in [0.29, 0.717) is 29.6 Å². The number of benzene rings is 2. The van der Waals surface area contributed by atoms with Crippen LogP contribution in [0.25, 0.3) is 11.3 Å². The molecule has 5 rings (SSSR count). The van der Waals surface area contributed by atoms with Crippen molar-refractivity contribution in [1.82, 2.24) is 30.3 Å². The molecule has 1 aliphatic rings. The maximum Gasteiger partial charge on any atom is 0.253 e. The van der Waals surface area contributed by atoms with E-state index < -0.39 is 0 Å². The third-order valence-corrected chi connectivity index (χ3v) is 5.83. The van der Waals surface area contributed by atoms with Crippen LogP contribution in [0.3, 0.4) is 0 Å². The van der Waals surface area contributed by atoms with Crippen LogP contribution >= 0.6 is 0 Å². The van der Waals surface area contributed by atoms with E-state index in [1.165, 1.54) is 0 Å². The molecule has 0 saturated heterocycles. The minimum atomic E-state index is -0.374. The zero-order chi connectivity index (χ0) is 23.5. The van der Waals surface area contributed by atoms with Crippen molar-refractivity contribution in [2.75, 3.05) is 30.8 Å². The first-order valence-corrected chi connectivity index (χ1v) is 10.9. The fourth-order valence-corrected chi connectivity index (χ4v) is 3.97. The van der Waals surface area contributed by atoms with Crippen molar-refractivity contribution in [1.29, 1.82) is 0 Å². The molecule has 0 saturated carbocycles. The molecule has 10 nitrogen and oxygen atoms in total. The lowest BCUT2D eigenvalue weighted by Crippen LogP contribution is -2.34. The molecule has 2 aromatic carbocycles. The Morgan fingerprint density at radius 1 is 1.15 bits per heavy atom. The number of carbonyl (C=O) groups is 1. The summed E-state index contributed by atoms with van der Waals surface area (Å²) in [7, 11) is 1.81. The Morgan fingerprint density at radius 2 is 2.00 bits per heavy atom. The van der Waals surface area contributed by atoms with Crippen LogP contribution in [0, 0.1) is 0 Å². The van der Waals surface area contributed by atoms with Crippen LogP contribution in [0.1, 0.15) is 27.5 Å². The number of nitrogens with one attached hydrogen (secondary N) is 3. The molecular weight excluding hydrogens is 432 g/mol. The van der Waals surface area contributed by atoms with E-state index >= 15 is 0 Å². The van der Waals surface area contributed by atoms with Gasteiger partial charge in [0.05, 0.1) is 24.4 Å². The quantitative estimate of drug-likeness (QED) is 0.334. The summed E-state index contributed by atoms with van der Waals surface area (Å²) in [5, 5.41) is 27.2. The van der Waals surface area contributed by atoms with E-state index in [2.05, 4.69) is 36.0 Å². The van der Waals surface area contributed by atoms with Crippen molar-refractivity contribution in [2.45, 2.75) is 12.5 Å². The topological polar surface area (TPSA) is 132 Å². The monoisotopic (exact) mass is 456 g/mol. The molecule has 0 bridgehead atoms. The average molecular weight is 457 g/mol. The van der Waals surface area contributed by atoms with Gasteiger partial charge in [-0.25, -0.2) is 4.98 Å². The Bertz CT molecular complexity index is 1290. The molecule has 0 fully saturated rings. The molecule has 1 aliphatic heterocycles. The van der Waals surface area contributed by atoms with Crippen molar-refractivity contribution in [3.8, 4) is 11.3 Å².